The molecule has 3 N–H and O–H groups in total. The van der Waals surface area contributed by atoms with Crippen LogP contribution in [0.3, 0.4) is 0 Å². The minimum atomic E-state index is -4.45. The zero-order chi connectivity index (χ0) is 58.5. The first-order valence-corrected chi connectivity index (χ1v) is 30.0. The highest BCUT2D eigenvalue weighted by Gasteiger charge is 2.38. The lowest BCUT2D eigenvalue weighted by atomic mass is 10.1. The molecular weight excluding hydrogens is 1090 g/mol. The summed E-state index contributed by atoms with van der Waals surface area (Å²) in [6, 6.07) is 38.1. The Labute approximate surface area is 461 Å². The molecule has 0 spiro atoms. The molecule has 0 bridgehead atoms. The third-order valence-corrected chi connectivity index (χ3v) is 16.8. The van der Waals surface area contributed by atoms with Gasteiger partial charge < -0.3 is 14.7 Å². The van der Waals surface area contributed by atoms with E-state index in [4.69, 9.17) is 14.6 Å². The molecule has 0 aliphatic heterocycles. The highest BCUT2D eigenvalue weighted by Crippen LogP contribution is 2.36. The number of anilines is 3. The number of nitrogens with one attached hydrogen (secondary N) is 1. The number of benzene rings is 6. The van der Waals surface area contributed by atoms with Crippen molar-refractivity contribution in [1.29, 1.82) is 0 Å². The Balaban J connectivity index is 0.000000220. The van der Waals surface area contributed by atoms with Gasteiger partial charge in [0.15, 0.2) is 6.20 Å². The normalized spacial score (nSPS) is 12.0. The average molecular weight is 1150 g/mol. The molecule has 0 atom stereocenters. The largest absolute Gasteiger partial charge is 0.619 e. The first-order chi connectivity index (χ1) is 36.7. The number of fused-ring (bicyclic) bond motifs is 2. The van der Waals surface area contributed by atoms with Gasteiger partial charge in [0.1, 0.15) is 22.7 Å². The summed E-state index contributed by atoms with van der Waals surface area (Å²) < 4.78 is 117. The van der Waals surface area contributed by atoms with Crippen molar-refractivity contribution in [2.75, 3.05) is 13.3 Å². The van der Waals surface area contributed by atoms with E-state index in [1.54, 1.807) is 139 Å². The van der Waals surface area contributed by atoms with E-state index in [9.17, 15) is 48.5 Å². The summed E-state index contributed by atoms with van der Waals surface area (Å²) in [7, 11) is -16.3. The molecule has 0 saturated heterocycles. The highest BCUT2D eigenvalue weighted by molar-refractivity contribution is 7.94. The van der Waals surface area contributed by atoms with E-state index in [0.29, 0.717) is 29.5 Å². The lowest BCUT2D eigenvalue weighted by molar-refractivity contribution is -0.603. The lowest BCUT2D eigenvalue weighted by Gasteiger charge is -2.28. The van der Waals surface area contributed by atoms with Crippen LogP contribution in [-0.4, -0.2) is 62.0 Å². The molecule has 0 fully saturated rings. The number of sulfonamides is 4. The van der Waals surface area contributed by atoms with Crippen LogP contribution < -0.4 is 23.2 Å². The number of nitrogens with two attached hydrogens (primary N) is 1. The van der Waals surface area contributed by atoms with Crippen molar-refractivity contribution < 1.29 is 57.5 Å². The predicted octanol–water partition coefficient (Wildman–Crippen LogP) is 10.3. The number of ether oxygens (including phenoxy) is 2. The standard InChI is InChI=1S/C28H29N3O6S2.C21H22N2O5S.C7H9NO2S/c1-19-10-14-21(15-11-19)38(33,34)30-26-24-9-7-6-8-23(24)25(18-29-26)31(27(32)37-28(3,4)5)39(35,36)22-16-12-20(2)13-17-22;1-15-9-11-17(12-10-15)29(26,27)23(20(24)28-21(2,3)4)19-14-22(25)13-16-7-5-6-8-18(16)19;1-6-2-4-7(5-3-6)11(8,9)10/h6-18H,1-5H3,(H,29,30);5-14H,1-4H3;2-5H,1H3,(H2,8,9,10). The first-order valence-electron chi connectivity index (χ1n) is 24.1. The molecule has 2 amide bonds. The zero-order valence-electron chi connectivity index (χ0n) is 44.9. The number of carbonyl (C=O) groups excluding carboxylic acids is 2. The van der Waals surface area contributed by atoms with E-state index in [2.05, 4.69) is 9.71 Å². The van der Waals surface area contributed by atoms with Crippen LogP contribution in [0.4, 0.5) is 26.8 Å². The van der Waals surface area contributed by atoms with Gasteiger partial charge in [0.2, 0.25) is 16.2 Å². The second kappa shape index (κ2) is 23.6. The molecular formula is C56H60N6O13S4. The van der Waals surface area contributed by atoms with Crippen molar-refractivity contribution in [1.82, 2.24) is 4.98 Å². The fraction of sp³-hybridized carbons (Fsp3) is 0.214. The van der Waals surface area contributed by atoms with Crippen LogP contribution in [0.1, 0.15) is 63.8 Å². The molecule has 2 aromatic heterocycles. The van der Waals surface area contributed by atoms with E-state index in [1.807, 2.05) is 27.7 Å². The SMILES string of the molecule is Cc1ccc(S(=O)(=O)N(C(=O)OC(C)(C)C)c2c[n+]([O-])cc3ccccc23)cc1.Cc1ccc(S(=O)(=O)Nc2ncc(N(C(=O)OC(C)(C)C)S(=O)(=O)c3ccc(C)cc3)c3ccccc23)cc1.Cc1ccc(S(N)(=O)=O)cc1. The van der Waals surface area contributed by atoms with Crippen molar-refractivity contribution in [3.05, 3.63) is 192 Å². The third kappa shape index (κ3) is 15.2. The number of pyridine rings is 2. The summed E-state index contributed by atoms with van der Waals surface area (Å²) in [4.78, 5) is 30.7. The molecule has 0 saturated carbocycles. The summed E-state index contributed by atoms with van der Waals surface area (Å²) in [5.41, 5.74) is 1.54. The Morgan fingerprint density at radius 3 is 1.29 bits per heavy atom. The topological polar surface area (TPSA) is 274 Å². The highest BCUT2D eigenvalue weighted by atomic mass is 32.2. The summed E-state index contributed by atoms with van der Waals surface area (Å²) >= 11 is 0. The molecule has 8 aromatic rings. The number of aromatic nitrogens is 2. The number of nitrogens with zero attached hydrogens (tertiary/aromatic N) is 4. The minimum absolute atomic E-state index is 0.0215. The number of hydrogen-bond acceptors (Lipinski definition) is 14. The van der Waals surface area contributed by atoms with Crippen LogP contribution >= 0.6 is 0 Å². The smallest absolute Gasteiger partial charge is 0.429 e. The number of hydrogen-bond donors (Lipinski definition) is 2. The van der Waals surface area contributed by atoms with Gasteiger partial charge in [-0.25, -0.2) is 53.4 Å². The van der Waals surface area contributed by atoms with Crippen molar-refractivity contribution in [3.63, 3.8) is 0 Å². The summed E-state index contributed by atoms with van der Waals surface area (Å²) in [6.45, 7) is 17.2. The second-order valence-corrected chi connectivity index (χ2v) is 26.8. The maximum absolute atomic E-state index is 13.8. The fourth-order valence-corrected chi connectivity index (χ4v) is 11.5. The molecule has 6 aromatic carbocycles. The predicted molar refractivity (Wildman–Crippen MR) is 303 cm³/mol. The van der Waals surface area contributed by atoms with Crippen molar-refractivity contribution in [3.8, 4) is 0 Å². The van der Waals surface area contributed by atoms with Crippen LogP contribution in [0.5, 0.6) is 0 Å². The number of rotatable bonds is 10. The molecule has 0 radical (unpaired) electrons. The molecule has 23 heteroatoms. The van der Waals surface area contributed by atoms with E-state index < -0.39 is 63.5 Å². The Hall–Kier alpha value is -7.96. The molecule has 8 rings (SSSR count). The third-order valence-electron chi connectivity index (χ3n) is 11.1. The van der Waals surface area contributed by atoms with Crippen molar-refractivity contribution in [2.24, 2.45) is 5.14 Å². The molecule has 19 nitrogen and oxygen atoms in total. The maximum Gasteiger partial charge on any atom is 0.429 e. The molecule has 0 unspecified atom stereocenters. The van der Waals surface area contributed by atoms with Gasteiger partial charge in [-0.2, -0.15) is 13.3 Å². The van der Waals surface area contributed by atoms with Crippen molar-refractivity contribution >= 4 is 91.0 Å². The maximum atomic E-state index is 13.8. The van der Waals surface area contributed by atoms with Gasteiger partial charge in [-0.05, 0) is 124 Å². The van der Waals surface area contributed by atoms with Gasteiger partial charge in [0, 0.05) is 21.5 Å². The Kier molecular flexibility index (Phi) is 18.0. The number of aryl methyl sites for hydroxylation is 4. The fourth-order valence-electron chi connectivity index (χ4n) is 7.31. The monoisotopic (exact) mass is 1150 g/mol. The minimum Gasteiger partial charge on any atom is -0.619 e. The zero-order valence-corrected chi connectivity index (χ0v) is 48.2. The van der Waals surface area contributed by atoms with Crippen LogP contribution in [0.15, 0.2) is 184 Å². The van der Waals surface area contributed by atoms with Crippen LogP contribution in [-0.2, 0) is 49.6 Å². The average Bonchev–Trinajstić information content (AvgIpc) is 3.38. The number of carbonyl (C=O) groups is 2. The summed E-state index contributed by atoms with van der Waals surface area (Å²) in [5.74, 6) is -0.0215. The second-order valence-electron chi connectivity index (χ2n) is 20.0. The summed E-state index contributed by atoms with van der Waals surface area (Å²) in [5, 5.41) is 18.5. The molecule has 0 aliphatic rings. The Bertz CT molecular complexity index is 4000. The van der Waals surface area contributed by atoms with E-state index in [-0.39, 0.29) is 42.2 Å². The van der Waals surface area contributed by atoms with Gasteiger partial charge in [-0.3, -0.25) is 4.72 Å². The van der Waals surface area contributed by atoms with Gasteiger partial charge in [-0.15, -0.1) is 0 Å². The van der Waals surface area contributed by atoms with E-state index in [0.717, 1.165) is 34.6 Å². The Morgan fingerprint density at radius 2 is 0.873 bits per heavy atom. The van der Waals surface area contributed by atoms with Gasteiger partial charge in [0.25, 0.3) is 30.1 Å². The first kappa shape index (κ1) is 60.3. The number of primary sulfonamides is 1. The van der Waals surface area contributed by atoms with Crippen molar-refractivity contribution in [2.45, 2.75) is 100 Å². The van der Waals surface area contributed by atoms with Gasteiger partial charge >= 0.3 is 12.2 Å². The quantitative estimate of drug-likeness (QED) is 0.0952. The van der Waals surface area contributed by atoms with Gasteiger partial charge in [0.05, 0.1) is 31.5 Å². The van der Waals surface area contributed by atoms with E-state index in [1.165, 1.54) is 54.7 Å². The molecule has 2 heterocycles. The van der Waals surface area contributed by atoms with Gasteiger partial charge in [-0.1, -0.05) is 113 Å². The van der Waals surface area contributed by atoms with Crippen LogP contribution in [0.25, 0.3) is 21.5 Å². The molecule has 0 aliphatic carbocycles. The molecule has 79 heavy (non-hydrogen) atoms. The Morgan fingerprint density at radius 1 is 0.506 bits per heavy atom. The van der Waals surface area contributed by atoms with E-state index >= 15 is 0 Å². The number of amides is 2. The lowest BCUT2D eigenvalue weighted by Crippen LogP contribution is -2.42. The summed E-state index contributed by atoms with van der Waals surface area (Å²) in [6.07, 6.45) is 1.30. The molecule has 416 valence electrons. The van der Waals surface area contributed by atoms with Crippen LogP contribution in [0.2, 0.25) is 0 Å². The van der Waals surface area contributed by atoms with Crippen LogP contribution in [0, 0.1) is 32.9 Å².